The Morgan fingerprint density at radius 3 is 2.73 bits per heavy atom. The number of hydrogen-bond donors (Lipinski definition) is 1. The minimum Gasteiger partial charge on any atom is -0.309 e. The molecule has 0 aliphatic heterocycles. The fourth-order valence-electron chi connectivity index (χ4n) is 1.95. The highest BCUT2D eigenvalue weighted by atomic mass is 35.5. The van der Waals surface area contributed by atoms with Crippen LogP contribution >= 0.6 is 23.4 Å². The fraction of sp³-hybridized carbons (Fsp3) is 0.0667. The summed E-state index contributed by atoms with van der Waals surface area (Å²) in [6.45, 7) is 0. The van der Waals surface area contributed by atoms with Crippen molar-refractivity contribution in [3.05, 3.63) is 69.2 Å². The van der Waals surface area contributed by atoms with Crippen molar-refractivity contribution in [3.63, 3.8) is 0 Å². The molecule has 0 aliphatic carbocycles. The topological polar surface area (TPSA) is 45.8 Å². The van der Waals surface area contributed by atoms with Gasteiger partial charge in [-0.05, 0) is 36.4 Å². The maximum atomic E-state index is 13.1. The second-order valence-corrected chi connectivity index (χ2v) is 6.02. The van der Waals surface area contributed by atoms with Gasteiger partial charge >= 0.3 is 0 Å². The Bertz CT molecular complexity index is 914. The monoisotopic (exact) mass is 338 g/mol. The van der Waals surface area contributed by atoms with Gasteiger partial charge in [-0.15, -0.1) is 11.8 Å². The molecule has 1 heterocycles. The lowest BCUT2D eigenvalue weighted by Crippen LogP contribution is -2.11. The minimum absolute atomic E-state index is 0.262. The summed E-state index contributed by atoms with van der Waals surface area (Å²) in [6.07, 6.45) is 0. The summed E-state index contributed by atoms with van der Waals surface area (Å²) in [5.74, 6) is -1.04. The smallest absolute Gasteiger partial charge is 0.258 e. The Labute approximate surface area is 133 Å². The predicted molar refractivity (Wildman–Crippen MR) is 83.3 cm³/mol. The van der Waals surface area contributed by atoms with Crippen molar-refractivity contribution in [1.82, 2.24) is 9.97 Å². The van der Waals surface area contributed by atoms with Crippen LogP contribution in [0.1, 0.15) is 5.82 Å². The van der Waals surface area contributed by atoms with Gasteiger partial charge in [0.25, 0.3) is 5.56 Å². The molecule has 7 heteroatoms. The SMILES string of the molecule is O=c1[nH]c(CSc2ccc(F)c(F)c2)nc2cc(Cl)ccc12. The van der Waals surface area contributed by atoms with Gasteiger partial charge in [0, 0.05) is 9.92 Å². The van der Waals surface area contributed by atoms with Gasteiger partial charge in [0.2, 0.25) is 0 Å². The first-order valence-electron chi connectivity index (χ1n) is 6.29. The maximum absolute atomic E-state index is 13.1. The zero-order chi connectivity index (χ0) is 15.7. The van der Waals surface area contributed by atoms with E-state index in [2.05, 4.69) is 9.97 Å². The van der Waals surface area contributed by atoms with Crippen LogP contribution in [0, 0.1) is 11.6 Å². The van der Waals surface area contributed by atoms with Gasteiger partial charge in [-0.2, -0.15) is 0 Å². The lowest BCUT2D eigenvalue weighted by atomic mass is 10.2. The fourth-order valence-corrected chi connectivity index (χ4v) is 2.91. The quantitative estimate of drug-likeness (QED) is 0.730. The highest BCUT2D eigenvalue weighted by Gasteiger charge is 2.07. The first kappa shape index (κ1) is 15.0. The summed E-state index contributed by atoms with van der Waals surface area (Å²) in [5.41, 5.74) is 0.236. The molecule has 0 unspecified atom stereocenters. The molecule has 1 N–H and O–H groups in total. The van der Waals surface area contributed by atoms with Crippen molar-refractivity contribution >= 4 is 34.3 Å². The first-order chi connectivity index (χ1) is 10.5. The molecule has 0 saturated heterocycles. The second-order valence-electron chi connectivity index (χ2n) is 4.54. The molecule has 0 spiro atoms. The van der Waals surface area contributed by atoms with Gasteiger partial charge in [0.1, 0.15) is 5.82 Å². The zero-order valence-electron chi connectivity index (χ0n) is 11.1. The molecule has 3 aromatic rings. The highest BCUT2D eigenvalue weighted by Crippen LogP contribution is 2.23. The summed E-state index contributed by atoms with van der Waals surface area (Å²) in [5, 5.41) is 0.941. The van der Waals surface area contributed by atoms with Crippen LogP contribution < -0.4 is 5.56 Å². The molecule has 3 nitrogen and oxygen atoms in total. The first-order valence-corrected chi connectivity index (χ1v) is 7.65. The third kappa shape index (κ3) is 3.13. The minimum atomic E-state index is -0.906. The number of fused-ring (bicyclic) bond motifs is 1. The molecule has 112 valence electrons. The number of thioether (sulfide) groups is 1. The van der Waals surface area contributed by atoms with Crippen molar-refractivity contribution < 1.29 is 8.78 Å². The van der Waals surface area contributed by atoms with Gasteiger partial charge in [-0.3, -0.25) is 4.79 Å². The van der Waals surface area contributed by atoms with Crippen molar-refractivity contribution in [1.29, 1.82) is 0 Å². The van der Waals surface area contributed by atoms with Crippen LogP contribution in [-0.2, 0) is 5.75 Å². The molecule has 0 saturated carbocycles. The van der Waals surface area contributed by atoms with Gasteiger partial charge in [0.05, 0.1) is 16.7 Å². The van der Waals surface area contributed by atoms with Crippen LogP contribution in [0.4, 0.5) is 8.78 Å². The van der Waals surface area contributed by atoms with Crippen LogP contribution in [0.25, 0.3) is 10.9 Å². The summed E-state index contributed by atoms with van der Waals surface area (Å²) in [7, 11) is 0. The third-order valence-electron chi connectivity index (χ3n) is 2.98. The van der Waals surface area contributed by atoms with Gasteiger partial charge in [0.15, 0.2) is 11.6 Å². The number of halogens is 3. The maximum Gasteiger partial charge on any atom is 0.258 e. The van der Waals surface area contributed by atoms with E-state index in [1.54, 1.807) is 18.2 Å². The van der Waals surface area contributed by atoms with Crippen molar-refractivity contribution in [3.8, 4) is 0 Å². The Hall–Kier alpha value is -1.92. The van der Waals surface area contributed by atoms with E-state index in [1.807, 2.05) is 0 Å². The molecular formula is C15H9ClF2N2OS. The molecule has 22 heavy (non-hydrogen) atoms. The number of rotatable bonds is 3. The van der Waals surface area contributed by atoms with E-state index in [1.165, 1.54) is 17.8 Å². The van der Waals surface area contributed by atoms with Crippen LogP contribution in [-0.4, -0.2) is 9.97 Å². The van der Waals surface area contributed by atoms with E-state index in [4.69, 9.17) is 11.6 Å². The Morgan fingerprint density at radius 1 is 1.14 bits per heavy atom. The number of aromatic nitrogens is 2. The number of nitrogens with one attached hydrogen (secondary N) is 1. The molecule has 1 aromatic heterocycles. The lowest BCUT2D eigenvalue weighted by molar-refractivity contribution is 0.506. The Balaban J connectivity index is 1.87. The standard InChI is InChI=1S/C15H9ClF2N2OS/c16-8-1-3-10-13(5-8)19-14(20-15(10)21)7-22-9-2-4-11(17)12(18)6-9/h1-6H,7H2,(H,19,20,21). The van der Waals surface area contributed by atoms with Crippen LogP contribution in [0.2, 0.25) is 5.02 Å². The number of aromatic amines is 1. The molecule has 0 amide bonds. The zero-order valence-corrected chi connectivity index (χ0v) is 12.6. The van der Waals surface area contributed by atoms with E-state index in [-0.39, 0.29) is 5.56 Å². The molecule has 0 aliphatic rings. The second kappa shape index (κ2) is 6.06. The van der Waals surface area contributed by atoms with E-state index in [9.17, 15) is 13.6 Å². The largest absolute Gasteiger partial charge is 0.309 e. The molecular weight excluding hydrogens is 330 g/mol. The number of hydrogen-bond acceptors (Lipinski definition) is 3. The summed E-state index contributed by atoms with van der Waals surface area (Å²) in [4.78, 5) is 19.5. The van der Waals surface area contributed by atoms with Crippen molar-refractivity contribution in [2.45, 2.75) is 10.6 Å². The average molecular weight is 339 g/mol. The van der Waals surface area contributed by atoms with Crippen molar-refractivity contribution in [2.24, 2.45) is 0 Å². The molecule has 0 bridgehead atoms. The van der Waals surface area contributed by atoms with E-state index in [0.717, 1.165) is 12.1 Å². The summed E-state index contributed by atoms with van der Waals surface area (Å²) in [6, 6.07) is 8.48. The van der Waals surface area contributed by atoms with Gasteiger partial charge < -0.3 is 4.98 Å². The van der Waals surface area contributed by atoms with Crippen molar-refractivity contribution in [2.75, 3.05) is 0 Å². The van der Waals surface area contributed by atoms with Crippen LogP contribution in [0.5, 0.6) is 0 Å². The summed E-state index contributed by atoms with van der Waals surface area (Å²) >= 11 is 7.14. The van der Waals surface area contributed by atoms with Gasteiger partial charge in [-0.25, -0.2) is 13.8 Å². The van der Waals surface area contributed by atoms with Crippen LogP contribution in [0.3, 0.4) is 0 Å². The van der Waals surface area contributed by atoms with E-state index < -0.39 is 11.6 Å². The number of nitrogens with zero attached hydrogens (tertiary/aromatic N) is 1. The molecule has 0 atom stereocenters. The Kier molecular flexibility index (Phi) is 4.13. The highest BCUT2D eigenvalue weighted by molar-refractivity contribution is 7.98. The lowest BCUT2D eigenvalue weighted by Gasteiger charge is -2.04. The van der Waals surface area contributed by atoms with Crippen LogP contribution in [0.15, 0.2) is 46.1 Å². The summed E-state index contributed by atoms with van der Waals surface area (Å²) < 4.78 is 26.0. The van der Waals surface area contributed by atoms with E-state index >= 15 is 0 Å². The normalized spacial score (nSPS) is 11.0. The molecule has 3 rings (SSSR count). The average Bonchev–Trinajstić information content (AvgIpc) is 2.48. The third-order valence-corrected chi connectivity index (χ3v) is 4.22. The predicted octanol–water partition coefficient (Wildman–Crippen LogP) is 4.15. The molecule has 2 aromatic carbocycles. The van der Waals surface area contributed by atoms with E-state index in [0.29, 0.717) is 32.4 Å². The van der Waals surface area contributed by atoms with Gasteiger partial charge in [-0.1, -0.05) is 11.6 Å². The molecule has 0 fully saturated rings. The number of H-pyrrole nitrogens is 1. The Morgan fingerprint density at radius 2 is 1.95 bits per heavy atom. The molecule has 0 radical (unpaired) electrons. The number of benzene rings is 2.